The van der Waals surface area contributed by atoms with E-state index in [9.17, 15) is 13.2 Å². The Kier molecular flexibility index (Phi) is 6.46. The summed E-state index contributed by atoms with van der Waals surface area (Å²) < 4.78 is 54.3. The summed E-state index contributed by atoms with van der Waals surface area (Å²) in [5.74, 6) is -0.356. The Morgan fingerprint density at radius 3 is 2.29 bits per heavy atom. The Morgan fingerprint density at radius 2 is 1.81 bits per heavy atom. The molecule has 0 bridgehead atoms. The van der Waals surface area contributed by atoms with Gasteiger partial charge in [0.25, 0.3) is 0 Å². The van der Waals surface area contributed by atoms with Crippen molar-refractivity contribution >= 4 is 0 Å². The lowest BCUT2D eigenvalue weighted by Gasteiger charge is -2.19. The minimum absolute atomic E-state index is 0.0826. The fourth-order valence-electron chi connectivity index (χ4n) is 1.62. The van der Waals surface area contributed by atoms with Crippen molar-refractivity contribution in [3.05, 3.63) is 29.3 Å². The van der Waals surface area contributed by atoms with Crippen LogP contribution in [0, 0.1) is 11.3 Å². The molecule has 0 radical (unpaired) electrons. The number of hydrogen-bond acceptors (Lipinski definition) is 4. The summed E-state index contributed by atoms with van der Waals surface area (Å²) >= 11 is 0. The molecule has 0 heterocycles. The molecule has 0 N–H and O–H groups in total. The molecule has 0 aliphatic heterocycles. The lowest BCUT2D eigenvalue weighted by Crippen LogP contribution is -2.25. The molecule has 0 spiro atoms. The van der Waals surface area contributed by atoms with Crippen molar-refractivity contribution < 1.29 is 27.4 Å². The van der Waals surface area contributed by atoms with Gasteiger partial charge in [-0.3, -0.25) is 0 Å². The molecule has 116 valence electrons. The zero-order valence-corrected chi connectivity index (χ0v) is 11.7. The number of benzene rings is 1. The van der Waals surface area contributed by atoms with E-state index in [4.69, 9.17) is 19.5 Å². The molecule has 0 aliphatic carbocycles. The molecule has 0 amide bonds. The number of ether oxygens (including phenoxy) is 3. The van der Waals surface area contributed by atoms with Crippen LogP contribution in [-0.4, -0.2) is 26.1 Å². The van der Waals surface area contributed by atoms with Gasteiger partial charge < -0.3 is 14.2 Å². The fraction of sp³-hybridized carbons (Fsp3) is 0.500. The smallest absolute Gasteiger partial charge is 0.420 e. The van der Waals surface area contributed by atoms with Crippen LogP contribution in [0.5, 0.6) is 5.75 Å². The number of nitriles is 1. The number of nitrogens with zero attached hydrogens (tertiary/aromatic N) is 1. The van der Waals surface area contributed by atoms with Crippen molar-refractivity contribution in [3.63, 3.8) is 0 Å². The largest absolute Gasteiger partial charge is 0.488 e. The molecule has 0 aliphatic rings. The van der Waals surface area contributed by atoms with Crippen LogP contribution >= 0.6 is 0 Å². The first-order chi connectivity index (χ1) is 9.92. The van der Waals surface area contributed by atoms with E-state index in [-0.39, 0.29) is 17.9 Å². The van der Waals surface area contributed by atoms with Crippen LogP contribution < -0.4 is 4.74 Å². The van der Waals surface area contributed by atoms with Crippen LogP contribution in [0.25, 0.3) is 0 Å². The highest BCUT2D eigenvalue weighted by molar-refractivity contribution is 5.43. The summed E-state index contributed by atoms with van der Waals surface area (Å²) in [7, 11) is 0. The Bertz CT molecular complexity index is 491. The maximum Gasteiger partial charge on any atom is 0.420 e. The maximum absolute atomic E-state index is 12.9. The Balaban J connectivity index is 2.90. The van der Waals surface area contributed by atoms with Crippen LogP contribution in [-0.2, 0) is 15.7 Å². The summed E-state index contributed by atoms with van der Waals surface area (Å²) in [6.45, 7) is 4.03. The molecule has 0 saturated carbocycles. The first kappa shape index (κ1) is 17.3. The van der Waals surface area contributed by atoms with Crippen molar-refractivity contribution in [1.29, 1.82) is 5.26 Å². The van der Waals surface area contributed by atoms with Gasteiger partial charge in [0.05, 0.1) is 17.2 Å². The number of hydrogen-bond donors (Lipinski definition) is 0. The van der Waals surface area contributed by atoms with Crippen LogP contribution in [0.2, 0.25) is 0 Å². The van der Waals surface area contributed by atoms with Gasteiger partial charge in [-0.1, -0.05) is 0 Å². The summed E-state index contributed by atoms with van der Waals surface area (Å²) in [4.78, 5) is 0. The molecule has 0 saturated heterocycles. The maximum atomic E-state index is 12.9. The minimum atomic E-state index is -4.60. The van der Waals surface area contributed by atoms with Gasteiger partial charge in [0.1, 0.15) is 12.4 Å². The van der Waals surface area contributed by atoms with E-state index < -0.39 is 18.0 Å². The molecule has 1 aromatic rings. The molecular weight excluding hydrogens is 287 g/mol. The van der Waals surface area contributed by atoms with Gasteiger partial charge in [0.2, 0.25) is 0 Å². The fourth-order valence-corrected chi connectivity index (χ4v) is 1.62. The first-order valence-electron chi connectivity index (χ1n) is 6.39. The third-order valence-electron chi connectivity index (χ3n) is 2.49. The summed E-state index contributed by atoms with van der Waals surface area (Å²) in [5, 5.41) is 8.68. The average molecular weight is 303 g/mol. The Hall–Kier alpha value is -1.78. The molecule has 1 rings (SSSR count). The van der Waals surface area contributed by atoms with Gasteiger partial charge in [-0.05, 0) is 32.0 Å². The molecule has 1 aromatic carbocycles. The quantitative estimate of drug-likeness (QED) is 0.725. The van der Waals surface area contributed by atoms with E-state index in [1.165, 1.54) is 6.07 Å². The highest BCUT2D eigenvalue weighted by Crippen LogP contribution is 2.36. The van der Waals surface area contributed by atoms with Gasteiger partial charge in [-0.15, -0.1) is 0 Å². The van der Waals surface area contributed by atoms with Crippen LogP contribution in [0.4, 0.5) is 13.2 Å². The molecule has 4 nitrogen and oxygen atoms in total. The van der Waals surface area contributed by atoms with Gasteiger partial charge in [-0.2, -0.15) is 18.4 Å². The van der Waals surface area contributed by atoms with Crippen molar-refractivity contribution in [2.75, 3.05) is 19.8 Å². The van der Waals surface area contributed by atoms with E-state index in [1.54, 1.807) is 19.9 Å². The Morgan fingerprint density at radius 1 is 1.19 bits per heavy atom. The lowest BCUT2D eigenvalue weighted by molar-refractivity contribution is -0.156. The average Bonchev–Trinajstić information content (AvgIpc) is 2.44. The monoisotopic (exact) mass is 303 g/mol. The van der Waals surface area contributed by atoms with E-state index in [0.717, 1.165) is 12.1 Å². The SMILES string of the molecule is CCOC(COc1ccc(C#N)cc1C(F)(F)F)OCC. The van der Waals surface area contributed by atoms with E-state index >= 15 is 0 Å². The Labute approximate surface area is 121 Å². The van der Waals surface area contributed by atoms with Crippen molar-refractivity contribution in [2.45, 2.75) is 26.3 Å². The summed E-state index contributed by atoms with van der Waals surface area (Å²) in [5.41, 5.74) is -1.07. The van der Waals surface area contributed by atoms with Crippen molar-refractivity contribution in [2.24, 2.45) is 0 Å². The molecule has 0 fully saturated rings. The molecular formula is C14H16F3NO3. The van der Waals surface area contributed by atoms with E-state index in [1.807, 2.05) is 0 Å². The van der Waals surface area contributed by atoms with Crippen molar-refractivity contribution in [3.8, 4) is 11.8 Å². The zero-order chi connectivity index (χ0) is 15.9. The number of rotatable bonds is 7. The van der Waals surface area contributed by atoms with Crippen molar-refractivity contribution in [1.82, 2.24) is 0 Å². The first-order valence-corrected chi connectivity index (χ1v) is 6.39. The zero-order valence-electron chi connectivity index (χ0n) is 11.7. The normalized spacial score (nSPS) is 11.5. The number of alkyl halides is 3. The number of halogens is 3. The second-order valence-electron chi connectivity index (χ2n) is 3.97. The second-order valence-corrected chi connectivity index (χ2v) is 3.97. The summed E-state index contributed by atoms with van der Waals surface area (Å²) in [6, 6.07) is 4.81. The molecule has 21 heavy (non-hydrogen) atoms. The minimum Gasteiger partial charge on any atom is -0.488 e. The standard InChI is InChI=1S/C14H16F3NO3/c1-3-19-13(20-4-2)9-21-12-6-5-10(8-18)7-11(12)14(15,16)17/h5-7,13H,3-4,9H2,1-2H3. The second kappa shape index (κ2) is 7.86. The third-order valence-corrected chi connectivity index (χ3v) is 2.49. The summed E-state index contributed by atoms with van der Waals surface area (Å²) in [6.07, 6.45) is -5.34. The van der Waals surface area contributed by atoms with Gasteiger partial charge in [-0.25, -0.2) is 0 Å². The topological polar surface area (TPSA) is 51.5 Å². The highest BCUT2D eigenvalue weighted by Gasteiger charge is 2.35. The molecule has 0 atom stereocenters. The van der Waals surface area contributed by atoms with Crippen LogP contribution in [0.1, 0.15) is 25.0 Å². The molecule has 0 unspecified atom stereocenters. The van der Waals surface area contributed by atoms with Gasteiger partial charge in [0, 0.05) is 13.2 Å². The van der Waals surface area contributed by atoms with E-state index in [2.05, 4.69) is 0 Å². The van der Waals surface area contributed by atoms with Crippen LogP contribution in [0.15, 0.2) is 18.2 Å². The van der Waals surface area contributed by atoms with Gasteiger partial charge in [0.15, 0.2) is 6.29 Å². The predicted molar refractivity (Wildman–Crippen MR) is 68.7 cm³/mol. The van der Waals surface area contributed by atoms with Crippen LogP contribution in [0.3, 0.4) is 0 Å². The molecule has 0 aromatic heterocycles. The lowest BCUT2D eigenvalue weighted by atomic mass is 10.1. The van der Waals surface area contributed by atoms with E-state index in [0.29, 0.717) is 13.2 Å². The highest BCUT2D eigenvalue weighted by atomic mass is 19.4. The predicted octanol–water partition coefficient (Wildman–Crippen LogP) is 3.35. The molecule has 7 heteroatoms. The van der Waals surface area contributed by atoms with Gasteiger partial charge >= 0.3 is 6.18 Å². The third kappa shape index (κ3) is 5.25.